The summed E-state index contributed by atoms with van der Waals surface area (Å²) in [7, 11) is 0. The van der Waals surface area contributed by atoms with Crippen LogP contribution in [0.4, 0.5) is 5.82 Å². The molecule has 1 aromatic heterocycles. The Morgan fingerprint density at radius 3 is 2.36 bits per heavy atom. The maximum absolute atomic E-state index is 6.18. The minimum atomic E-state index is 0.0972. The average molecular weight is 391 g/mol. The Balaban J connectivity index is 1.74. The number of fused-ring (bicyclic) bond motifs is 1. The first-order valence-corrected chi connectivity index (χ1v) is 10.3. The van der Waals surface area contributed by atoms with Crippen LogP contribution >= 0.6 is 11.6 Å². The molecular weight excluding hydrogens is 368 g/mol. The van der Waals surface area contributed by atoms with Gasteiger partial charge in [-0.05, 0) is 44.4 Å². The van der Waals surface area contributed by atoms with E-state index in [9.17, 15) is 0 Å². The van der Waals surface area contributed by atoms with Crippen LogP contribution in [0.5, 0.6) is 0 Å². The van der Waals surface area contributed by atoms with E-state index in [0.29, 0.717) is 6.04 Å². The zero-order chi connectivity index (χ0) is 19.3. The van der Waals surface area contributed by atoms with Gasteiger partial charge in [-0.3, -0.25) is 0 Å². The Kier molecular flexibility index (Phi) is 4.24. The zero-order valence-corrected chi connectivity index (χ0v) is 16.8. The predicted molar refractivity (Wildman–Crippen MR) is 113 cm³/mol. The number of rotatable bonds is 4. The second-order valence-corrected chi connectivity index (χ2v) is 8.29. The summed E-state index contributed by atoms with van der Waals surface area (Å²) in [5, 5.41) is 5.45. The highest BCUT2D eigenvalue weighted by atomic mass is 35.5. The van der Waals surface area contributed by atoms with Crippen LogP contribution in [-0.2, 0) is 0 Å². The third kappa shape index (κ3) is 2.92. The first-order chi connectivity index (χ1) is 13.6. The van der Waals surface area contributed by atoms with Gasteiger partial charge in [-0.2, -0.15) is 5.10 Å². The maximum atomic E-state index is 6.18. The molecule has 0 amide bonds. The fourth-order valence-electron chi connectivity index (χ4n) is 4.01. The Bertz CT molecular complexity index is 1020. The van der Waals surface area contributed by atoms with Crippen LogP contribution in [0.2, 0.25) is 5.02 Å². The molecule has 0 radical (unpaired) electrons. The number of hydrogen-bond donors (Lipinski definition) is 0. The quantitative estimate of drug-likeness (QED) is 0.567. The van der Waals surface area contributed by atoms with Crippen molar-refractivity contribution in [2.75, 3.05) is 0 Å². The Hall–Kier alpha value is -2.59. The predicted octanol–water partition coefficient (Wildman–Crippen LogP) is 5.76. The lowest BCUT2D eigenvalue weighted by atomic mass is 9.95. The van der Waals surface area contributed by atoms with Crippen molar-refractivity contribution in [1.29, 1.82) is 0 Å². The average Bonchev–Trinajstić information content (AvgIpc) is 3.46. The molecule has 1 saturated carbocycles. The standard InChI is InChI=1S/C23H23ClN4/c1-15(2)28-23-20(14-25-28)21(16-8-10-18(24)11-9-16)27(19-12-13-19)22(26-23)17-6-4-3-5-7-17/h3-11,14-15,19,21H,12-13H2,1-2H3. The zero-order valence-electron chi connectivity index (χ0n) is 16.1. The van der Waals surface area contributed by atoms with Crippen LogP contribution in [0.1, 0.15) is 55.5 Å². The molecule has 0 saturated heterocycles. The van der Waals surface area contributed by atoms with Crippen molar-refractivity contribution in [3.05, 3.63) is 82.5 Å². The third-order valence-corrected chi connectivity index (χ3v) is 5.72. The molecule has 28 heavy (non-hydrogen) atoms. The number of amidine groups is 1. The van der Waals surface area contributed by atoms with Gasteiger partial charge in [0.2, 0.25) is 0 Å². The van der Waals surface area contributed by atoms with E-state index in [1.807, 2.05) is 23.0 Å². The smallest absolute Gasteiger partial charge is 0.158 e. The molecule has 0 spiro atoms. The van der Waals surface area contributed by atoms with Gasteiger partial charge < -0.3 is 4.90 Å². The summed E-state index contributed by atoms with van der Waals surface area (Å²) in [5.74, 6) is 2.00. The number of aliphatic imine (C=N–C) groups is 1. The molecular formula is C23H23ClN4. The van der Waals surface area contributed by atoms with Crippen LogP contribution in [0.25, 0.3) is 0 Å². The molecule has 1 fully saturated rings. The van der Waals surface area contributed by atoms with E-state index in [4.69, 9.17) is 16.6 Å². The summed E-state index contributed by atoms with van der Waals surface area (Å²) in [5.41, 5.74) is 3.54. The Morgan fingerprint density at radius 1 is 1.00 bits per heavy atom. The monoisotopic (exact) mass is 390 g/mol. The molecule has 1 unspecified atom stereocenters. The number of halogens is 1. The second kappa shape index (κ2) is 6.78. The van der Waals surface area contributed by atoms with Gasteiger partial charge in [0, 0.05) is 28.2 Å². The molecule has 0 N–H and O–H groups in total. The number of hydrogen-bond acceptors (Lipinski definition) is 3. The van der Waals surface area contributed by atoms with Crippen LogP contribution in [0.3, 0.4) is 0 Å². The molecule has 2 aliphatic rings. The number of aromatic nitrogens is 2. The van der Waals surface area contributed by atoms with Gasteiger partial charge in [-0.15, -0.1) is 0 Å². The minimum Gasteiger partial charge on any atom is -0.342 e. The lowest BCUT2D eigenvalue weighted by Crippen LogP contribution is -2.40. The van der Waals surface area contributed by atoms with Gasteiger partial charge in [-0.25, -0.2) is 9.67 Å². The number of benzene rings is 2. The molecule has 4 nitrogen and oxygen atoms in total. The summed E-state index contributed by atoms with van der Waals surface area (Å²) in [6, 6.07) is 19.6. The van der Waals surface area contributed by atoms with E-state index >= 15 is 0 Å². The minimum absolute atomic E-state index is 0.0972. The summed E-state index contributed by atoms with van der Waals surface area (Å²) in [6.07, 6.45) is 4.39. The van der Waals surface area contributed by atoms with E-state index in [0.717, 1.165) is 22.2 Å². The van der Waals surface area contributed by atoms with Gasteiger partial charge in [0.1, 0.15) is 5.84 Å². The summed E-state index contributed by atoms with van der Waals surface area (Å²) in [4.78, 5) is 7.64. The van der Waals surface area contributed by atoms with Crippen molar-refractivity contribution in [3.63, 3.8) is 0 Å². The highest BCUT2D eigenvalue weighted by Gasteiger charge is 2.42. The van der Waals surface area contributed by atoms with Crippen molar-refractivity contribution < 1.29 is 0 Å². The molecule has 5 heteroatoms. The third-order valence-electron chi connectivity index (χ3n) is 5.47. The van der Waals surface area contributed by atoms with Crippen LogP contribution in [0, 0.1) is 0 Å². The van der Waals surface area contributed by atoms with E-state index in [1.165, 1.54) is 24.0 Å². The van der Waals surface area contributed by atoms with Crippen LogP contribution in [-0.4, -0.2) is 26.6 Å². The van der Waals surface area contributed by atoms with E-state index in [2.05, 4.69) is 66.3 Å². The molecule has 1 atom stereocenters. The lowest BCUT2D eigenvalue weighted by molar-refractivity contribution is 0.341. The fourth-order valence-corrected chi connectivity index (χ4v) is 4.13. The first-order valence-electron chi connectivity index (χ1n) is 9.89. The molecule has 3 aromatic rings. The van der Waals surface area contributed by atoms with Crippen molar-refractivity contribution in [3.8, 4) is 0 Å². The largest absolute Gasteiger partial charge is 0.342 e. The molecule has 1 aliphatic carbocycles. The van der Waals surface area contributed by atoms with E-state index in [1.54, 1.807) is 0 Å². The lowest BCUT2D eigenvalue weighted by Gasteiger charge is -2.38. The summed E-state index contributed by atoms with van der Waals surface area (Å²) in [6.45, 7) is 4.30. The Labute approximate surface area is 170 Å². The fraction of sp³-hybridized carbons (Fsp3) is 0.304. The van der Waals surface area contributed by atoms with Gasteiger partial charge in [0.25, 0.3) is 0 Å². The maximum Gasteiger partial charge on any atom is 0.158 e. The van der Waals surface area contributed by atoms with Crippen molar-refractivity contribution >= 4 is 23.3 Å². The van der Waals surface area contributed by atoms with Crippen molar-refractivity contribution in [2.45, 2.75) is 44.8 Å². The molecule has 142 valence electrons. The van der Waals surface area contributed by atoms with Crippen LogP contribution < -0.4 is 0 Å². The molecule has 2 aromatic carbocycles. The Morgan fingerprint density at radius 2 is 1.71 bits per heavy atom. The molecule has 1 aliphatic heterocycles. The topological polar surface area (TPSA) is 33.4 Å². The molecule has 5 rings (SSSR count). The van der Waals surface area contributed by atoms with E-state index < -0.39 is 0 Å². The van der Waals surface area contributed by atoms with Crippen molar-refractivity contribution in [2.24, 2.45) is 4.99 Å². The molecule has 0 bridgehead atoms. The number of nitrogens with zero attached hydrogens (tertiary/aromatic N) is 4. The highest BCUT2D eigenvalue weighted by Crippen LogP contribution is 2.46. The van der Waals surface area contributed by atoms with Gasteiger partial charge in [0.15, 0.2) is 5.82 Å². The van der Waals surface area contributed by atoms with Crippen molar-refractivity contribution in [1.82, 2.24) is 14.7 Å². The van der Waals surface area contributed by atoms with Gasteiger partial charge in [-0.1, -0.05) is 54.1 Å². The molecule has 2 heterocycles. The van der Waals surface area contributed by atoms with Gasteiger partial charge in [0.05, 0.1) is 12.2 Å². The highest BCUT2D eigenvalue weighted by molar-refractivity contribution is 6.30. The summed E-state index contributed by atoms with van der Waals surface area (Å²) >= 11 is 6.18. The summed E-state index contributed by atoms with van der Waals surface area (Å²) < 4.78 is 2.03. The first kappa shape index (κ1) is 17.5. The van der Waals surface area contributed by atoms with E-state index in [-0.39, 0.29) is 12.1 Å². The second-order valence-electron chi connectivity index (χ2n) is 7.86. The van der Waals surface area contributed by atoms with Gasteiger partial charge >= 0.3 is 0 Å². The SMILES string of the molecule is CC(C)n1ncc2c1N=C(c1ccccc1)N(C1CC1)C2c1ccc(Cl)cc1. The normalized spacial score (nSPS) is 18.9. The van der Waals surface area contributed by atoms with Crippen LogP contribution in [0.15, 0.2) is 65.8 Å².